The number of nitrogens with one attached hydrogen (secondary N) is 1. The van der Waals surface area contributed by atoms with Crippen molar-refractivity contribution in [2.75, 3.05) is 6.54 Å². The molecule has 17 heavy (non-hydrogen) atoms. The van der Waals surface area contributed by atoms with Gasteiger partial charge in [0.25, 0.3) is 0 Å². The van der Waals surface area contributed by atoms with E-state index in [9.17, 15) is 0 Å². The van der Waals surface area contributed by atoms with Crippen molar-refractivity contribution in [2.45, 2.75) is 20.0 Å². The quantitative estimate of drug-likeness (QED) is 0.826. The first kappa shape index (κ1) is 12.1. The second-order valence-corrected chi connectivity index (χ2v) is 4.25. The Labute approximate surface area is 106 Å². The lowest BCUT2D eigenvalue weighted by Crippen LogP contribution is -2.20. The van der Waals surface area contributed by atoms with Gasteiger partial charge in [-0.2, -0.15) is 5.10 Å². The summed E-state index contributed by atoms with van der Waals surface area (Å²) in [5.74, 6) is 0. The van der Waals surface area contributed by atoms with Crippen molar-refractivity contribution in [1.29, 1.82) is 0 Å². The lowest BCUT2D eigenvalue weighted by molar-refractivity contribution is 0.544. The van der Waals surface area contributed by atoms with E-state index in [1.54, 1.807) is 12.4 Å². The maximum absolute atomic E-state index is 5.93. The summed E-state index contributed by atoms with van der Waals surface area (Å²) in [6, 6.07) is 3.99. The highest BCUT2D eigenvalue weighted by Crippen LogP contribution is 2.12. The van der Waals surface area contributed by atoms with Crippen LogP contribution in [0.25, 0.3) is 0 Å². The Morgan fingerprint density at radius 2 is 2.29 bits per heavy atom. The lowest BCUT2D eigenvalue weighted by Gasteiger charge is -2.06. The number of halogens is 1. The maximum Gasteiger partial charge on any atom is 0.0814 e. The van der Waals surface area contributed by atoms with Gasteiger partial charge in [0, 0.05) is 25.5 Å². The first-order valence-electron chi connectivity index (χ1n) is 5.55. The van der Waals surface area contributed by atoms with E-state index in [1.165, 1.54) is 5.56 Å². The monoisotopic (exact) mass is 250 g/mol. The molecule has 0 saturated carbocycles. The molecule has 0 fully saturated rings. The van der Waals surface area contributed by atoms with Gasteiger partial charge >= 0.3 is 0 Å². The fourth-order valence-corrected chi connectivity index (χ4v) is 1.71. The van der Waals surface area contributed by atoms with Crippen molar-refractivity contribution < 1.29 is 0 Å². The molecule has 2 heterocycles. The number of hydrogen-bond donors (Lipinski definition) is 1. The SMILES string of the molecule is Cc1c(Cl)cnn1CCNCc1cccnc1. The molecule has 0 spiro atoms. The Balaban J connectivity index is 1.75. The molecular weight excluding hydrogens is 236 g/mol. The molecule has 0 aromatic carbocycles. The summed E-state index contributed by atoms with van der Waals surface area (Å²) in [7, 11) is 0. The third-order valence-corrected chi connectivity index (χ3v) is 2.97. The number of pyridine rings is 1. The van der Waals surface area contributed by atoms with Gasteiger partial charge in [0.2, 0.25) is 0 Å². The number of aromatic nitrogens is 3. The summed E-state index contributed by atoms with van der Waals surface area (Å²) in [5.41, 5.74) is 2.19. The first-order chi connectivity index (χ1) is 8.27. The predicted octanol–water partition coefficient (Wildman–Crippen LogP) is 2.03. The molecule has 0 aliphatic rings. The van der Waals surface area contributed by atoms with Crippen molar-refractivity contribution in [3.63, 3.8) is 0 Å². The molecule has 0 aliphatic carbocycles. The highest BCUT2D eigenvalue weighted by atomic mass is 35.5. The zero-order chi connectivity index (χ0) is 12.1. The highest BCUT2D eigenvalue weighted by Gasteiger charge is 2.02. The Morgan fingerprint density at radius 3 is 2.94 bits per heavy atom. The summed E-state index contributed by atoms with van der Waals surface area (Å²) in [6.07, 6.45) is 5.32. The number of hydrogen-bond acceptors (Lipinski definition) is 3. The van der Waals surface area contributed by atoms with E-state index < -0.39 is 0 Å². The van der Waals surface area contributed by atoms with Crippen LogP contribution >= 0.6 is 11.6 Å². The molecule has 0 radical (unpaired) electrons. The minimum Gasteiger partial charge on any atom is -0.311 e. The van der Waals surface area contributed by atoms with Crippen LogP contribution in [0, 0.1) is 6.92 Å². The van der Waals surface area contributed by atoms with Crippen molar-refractivity contribution in [1.82, 2.24) is 20.1 Å². The largest absolute Gasteiger partial charge is 0.311 e. The van der Waals surface area contributed by atoms with Crippen molar-refractivity contribution in [3.8, 4) is 0 Å². The van der Waals surface area contributed by atoms with Crippen molar-refractivity contribution in [3.05, 3.63) is 47.0 Å². The van der Waals surface area contributed by atoms with E-state index in [0.717, 1.165) is 30.4 Å². The Morgan fingerprint density at radius 1 is 1.41 bits per heavy atom. The molecule has 0 aliphatic heterocycles. The second-order valence-electron chi connectivity index (χ2n) is 3.84. The zero-order valence-corrected chi connectivity index (χ0v) is 10.5. The van der Waals surface area contributed by atoms with E-state index in [0.29, 0.717) is 0 Å². The van der Waals surface area contributed by atoms with Crippen LogP contribution in [-0.2, 0) is 13.1 Å². The van der Waals surface area contributed by atoms with Crippen LogP contribution in [0.3, 0.4) is 0 Å². The van der Waals surface area contributed by atoms with Gasteiger partial charge in [0.15, 0.2) is 0 Å². The Kier molecular flexibility index (Phi) is 4.12. The van der Waals surface area contributed by atoms with Crippen LogP contribution in [0.2, 0.25) is 5.02 Å². The third-order valence-electron chi connectivity index (χ3n) is 2.60. The smallest absolute Gasteiger partial charge is 0.0814 e. The van der Waals surface area contributed by atoms with Gasteiger partial charge in [-0.3, -0.25) is 9.67 Å². The summed E-state index contributed by atoms with van der Waals surface area (Å²) < 4.78 is 1.90. The molecule has 0 amide bonds. The fraction of sp³-hybridized carbons (Fsp3) is 0.333. The molecule has 4 nitrogen and oxygen atoms in total. The molecule has 2 aromatic rings. The van der Waals surface area contributed by atoms with Gasteiger partial charge in [0.1, 0.15) is 0 Å². The summed E-state index contributed by atoms with van der Waals surface area (Å²) in [5, 5.41) is 8.25. The molecule has 2 rings (SSSR count). The summed E-state index contributed by atoms with van der Waals surface area (Å²) in [4.78, 5) is 4.06. The topological polar surface area (TPSA) is 42.7 Å². The standard InChI is InChI=1S/C12H15ClN4/c1-10-12(13)9-16-17(10)6-5-15-8-11-3-2-4-14-7-11/h2-4,7,9,15H,5-6,8H2,1H3. The van der Waals surface area contributed by atoms with Gasteiger partial charge in [-0.25, -0.2) is 0 Å². The van der Waals surface area contributed by atoms with Crippen LogP contribution in [0.5, 0.6) is 0 Å². The van der Waals surface area contributed by atoms with Gasteiger partial charge in [0.05, 0.1) is 23.5 Å². The normalized spacial score (nSPS) is 10.7. The third kappa shape index (κ3) is 3.28. The van der Waals surface area contributed by atoms with E-state index in [-0.39, 0.29) is 0 Å². The lowest BCUT2D eigenvalue weighted by atomic mass is 10.3. The highest BCUT2D eigenvalue weighted by molar-refractivity contribution is 6.31. The molecule has 0 unspecified atom stereocenters. The number of rotatable bonds is 5. The molecule has 5 heteroatoms. The molecule has 1 N–H and O–H groups in total. The fourth-order valence-electron chi connectivity index (χ4n) is 1.57. The molecule has 0 saturated heterocycles. The van der Waals surface area contributed by atoms with E-state index >= 15 is 0 Å². The zero-order valence-electron chi connectivity index (χ0n) is 9.73. The van der Waals surface area contributed by atoms with E-state index in [2.05, 4.69) is 21.5 Å². The predicted molar refractivity (Wildman–Crippen MR) is 67.9 cm³/mol. The van der Waals surface area contributed by atoms with Gasteiger partial charge < -0.3 is 5.32 Å². The summed E-state index contributed by atoms with van der Waals surface area (Å²) in [6.45, 7) is 4.46. The minimum absolute atomic E-state index is 0.720. The van der Waals surface area contributed by atoms with Crippen molar-refractivity contribution >= 4 is 11.6 Å². The van der Waals surface area contributed by atoms with Crippen LogP contribution in [0.1, 0.15) is 11.3 Å². The molecule has 0 atom stereocenters. The number of nitrogens with zero attached hydrogens (tertiary/aromatic N) is 3. The second kappa shape index (κ2) is 5.80. The molecule has 90 valence electrons. The van der Waals surface area contributed by atoms with Crippen LogP contribution in [-0.4, -0.2) is 21.3 Å². The first-order valence-corrected chi connectivity index (χ1v) is 5.92. The Bertz CT molecular complexity index is 467. The molecule has 0 bridgehead atoms. The maximum atomic E-state index is 5.93. The summed E-state index contributed by atoms with van der Waals surface area (Å²) >= 11 is 5.93. The van der Waals surface area contributed by atoms with Crippen molar-refractivity contribution in [2.24, 2.45) is 0 Å². The average molecular weight is 251 g/mol. The van der Waals surface area contributed by atoms with Gasteiger partial charge in [-0.1, -0.05) is 17.7 Å². The van der Waals surface area contributed by atoms with E-state index in [4.69, 9.17) is 11.6 Å². The Hall–Kier alpha value is -1.39. The van der Waals surface area contributed by atoms with Crippen LogP contribution in [0.4, 0.5) is 0 Å². The molecule has 2 aromatic heterocycles. The minimum atomic E-state index is 0.720. The van der Waals surface area contributed by atoms with E-state index in [1.807, 2.05) is 23.9 Å². The molecular formula is C12H15ClN4. The van der Waals surface area contributed by atoms with Gasteiger partial charge in [-0.15, -0.1) is 0 Å². The average Bonchev–Trinajstić information content (AvgIpc) is 2.67. The van der Waals surface area contributed by atoms with Gasteiger partial charge in [-0.05, 0) is 18.6 Å². The van der Waals surface area contributed by atoms with Crippen LogP contribution in [0.15, 0.2) is 30.7 Å². The van der Waals surface area contributed by atoms with Crippen LogP contribution < -0.4 is 5.32 Å².